The summed E-state index contributed by atoms with van der Waals surface area (Å²) in [6.07, 6.45) is 13.1. The molecule has 0 aromatic heterocycles. The highest BCUT2D eigenvalue weighted by Gasteiger charge is 2.60. The summed E-state index contributed by atoms with van der Waals surface area (Å²) in [4.78, 5) is 11.7. The lowest BCUT2D eigenvalue weighted by molar-refractivity contribution is -0.152. The van der Waals surface area contributed by atoms with Crippen LogP contribution < -0.4 is 0 Å². The fourth-order valence-electron chi connectivity index (χ4n) is 7.70. The molecule has 0 saturated heterocycles. The molecule has 0 heterocycles. The van der Waals surface area contributed by atoms with Crippen LogP contribution in [-0.2, 0) is 4.79 Å². The van der Waals surface area contributed by atoms with Gasteiger partial charge in [0, 0.05) is 0 Å². The molecule has 0 aromatic rings. The van der Waals surface area contributed by atoms with E-state index in [4.69, 9.17) is 0 Å². The van der Waals surface area contributed by atoms with Crippen molar-refractivity contribution >= 4 is 5.97 Å². The van der Waals surface area contributed by atoms with E-state index in [9.17, 15) is 9.90 Å². The van der Waals surface area contributed by atoms with Gasteiger partial charge in [0.05, 0.1) is 5.92 Å². The quantitative estimate of drug-likeness (QED) is 0.730. The summed E-state index contributed by atoms with van der Waals surface area (Å²) in [5.74, 6) is 2.76. The van der Waals surface area contributed by atoms with Gasteiger partial charge in [0.25, 0.3) is 0 Å². The van der Waals surface area contributed by atoms with Crippen LogP contribution in [-0.4, -0.2) is 11.1 Å². The Morgan fingerprint density at radius 2 is 1.64 bits per heavy atom. The first-order chi connectivity index (χ1) is 10.5. The van der Waals surface area contributed by atoms with E-state index >= 15 is 0 Å². The summed E-state index contributed by atoms with van der Waals surface area (Å²) in [5.41, 5.74) is 0.661. The van der Waals surface area contributed by atoms with E-state index in [-0.39, 0.29) is 11.3 Å². The lowest BCUT2D eigenvalue weighted by Crippen LogP contribution is -2.53. The SMILES string of the molecule is C[C@]12CC[C@H]3[C@@H](CCC4CCCC[C@@]43C)[C@@H]1CC[C@H]2C(=O)O. The first-order valence-electron chi connectivity index (χ1n) is 9.69. The van der Waals surface area contributed by atoms with Crippen LogP contribution in [0.25, 0.3) is 0 Å². The minimum absolute atomic E-state index is 0.0738. The number of carbonyl (C=O) groups is 1. The second-order valence-corrected chi connectivity index (χ2v) is 9.42. The topological polar surface area (TPSA) is 37.3 Å². The van der Waals surface area contributed by atoms with Crippen LogP contribution in [0.4, 0.5) is 0 Å². The average Bonchev–Trinajstić information content (AvgIpc) is 2.84. The molecule has 1 N–H and O–H groups in total. The zero-order valence-electron chi connectivity index (χ0n) is 14.3. The van der Waals surface area contributed by atoms with Gasteiger partial charge in [-0.25, -0.2) is 0 Å². The molecule has 4 aliphatic rings. The maximum atomic E-state index is 11.7. The molecule has 0 bridgehead atoms. The van der Waals surface area contributed by atoms with E-state index in [1.165, 1.54) is 51.4 Å². The van der Waals surface area contributed by atoms with Crippen LogP contribution in [0.15, 0.2) is 0 Å². The van der Waals surface area contributed by atoms with Crippen molar-refractivity contribution in [3.05, 3.63) is 0 Å². The summed E-state index contributed by atoms with van der Waals surface area (Å²) in [6, 6.07) is 0. The van der Waals surface area contributed by atoms with Gasteiger partial charge >= 0.3 is 5.97 Å². The van der Waals surface area contributed by atoms with Gasteiger partial charge < -0.3 is 5.11 Å². The van der Waals surface area contributed by atoms with Gasteiger partial charge in [-0.3, -0.25) is 4.79 Å². The first kappa shape index (κ1) is 15.0. The molecule has 124 valence electrons. The number of hydrogen-bond donors (Lipinski definition) is 1. The highest BCUT2D eigenvalue weighted by Crippen LogP contribution is 2.67. The highest BCUT2D eigenvalue weighted by molar-refractivity contribution is 5.71. The summed E-state index contributed by atoms with van der Waals surface area (Å²) in [5, 5.41) is 9.65. The standard InChI is InChI=1S/C20H32O2/c1-19-11-4-3-5-13(19)6-7-14-15-8-9-17(18(21)22)20(15,2)12-10-16(14)19/h13-17H,3-12H2,1-2H3,(H,21,22)/t13?,14-,15-,16-,17-,19-,20-/m0/s1. The van der Waals surface area contributed by atoms with Gasteiger partial charge in [-0.05, 0) is 85.9 Å². The number of carboxylic acids is 1. The van der Waals surface area contributed by atoms with Crippen LogP contribution in [0.5, 0.6) is 0 Å². The fourth-order valence-corrected chi connectivity index (χ4v) is 7.70. The molecule has 1 unspecified atom stereocenters. The lowest BCUT2D eigenvalue weighted by atomic mass is 9.45. The molecular formula is C20H32O2. The smallest absolute Gasteiger partial charge is 0.307 e. The zero-order chi connectivity index (χ0) is 15.5. The van der Waals surface area contributed by atoms with Gasteiger partial charge in [0.2, 0.25) is 0 Å². The Morgan fingerprint density at radius 1 is 0.864 bits per heavy atom. The minimum Gasteiger partial charge on any atom is -0.481 e. The van der Waals surface area contributed by atoms with Crippen molar-refractivity contribution in [3.8, 4) is 0 Å². The van der Waals surface area contributed by atoms with Crippen molar-refractivity contribution in [1.82, 2.24) is 0 Å². The summed E-state index contributed by atoms with van der Waals surface area (Å²) < 4.78 is 0. The van der Waals surface area contributed by atoms with E-state index < -0.39 is 5.97 Å². The second-order valence-electron chi connectivity index (χ2n) is 9.42. The minimum atomic E-state index is -0.527. The van der Waals surface area contributed by atoms with Crippen molar-refractivity contribution in [2.45, 2.75) is 78.1 Å². The van der Waals surface area contributed by atoms with E-state index in [0.29, 0.717) is 11.3 Å². The maximum Gasteiger partial charge on any atom is 0.307 e. The monoisotopic (exact) mass is 304 g/mol. The Kier molecular flexibility index (Phi) is 3.40. The molecule has 2 heteroatoms. The Balaban J connectivity index is 1.63. The van der Waals surface area contributed by atoms with E-state index in [1.807, 2.05) is 0 Å². The van der Waals surface area contributed by atoms with Crippen molar-refractivity contribution in [2.24, 2.45) is 40.4 Å². The third-order valence-corrected chi connectivity index (χ3v) is 8.88. The van der Waals surface area contributed by atoms with Crippen LogP contribution in [0, 0.1) is 40.4 Å². The van der Waals surface area contributed by atoms with Gasteiger partial charge in [-0.15, -0.1) is 0 Å². The molecule has 4 fully saturated rings. The van der Waals surface area contributed by atoms with Gasteiger partial charge in [0.15, 0.2) is 0 Å². The molecule has 4 rings (SSSR count). The van der Waals surface area contributed by atoms with E-state index in [1.54, 1.807) is 0 Å². The molecular weight excluding hydrogens is 272 g/mol. The lowest BCUT2D eigenvalue weighted by Gasteiger charge is -2.60. The summed E-state index contributed by atoms with van der Waals surface area (Å²) >= 11 is 0. The average molecular weight is 304 g/mol. The molecule has 0 aromatic carbocycles. The third kappa shape index (κ3) is 1.88. The molecule has 0 aliphatic heterocycles. The number of aliphatic carboxylic acids is 1. The maximum absolute atomic E-state index is 11.7. The van der Waals surface area contributed by atoms with Crippen LogP contribution in [0.2, 0.25) is 0 Å². The number of hydrogen-bond acceptors (Lipinski definition) is 1. The molecule has 0 spiro atoms. The predicted molar refractivity (Wildman–Crippen MR) is 87.5 cm³/mol. The third-order valence-electron chi connectivity index (χ3n) is 8.88. The molecule has 0 radical (unpaired) electrons. The summed E-state index contributed by atoms with van der Waals surface area (Å²) in [7, 11) is 0. The number of fused-ring (bicyclic) bond motifs is 5. The molecule has 7 atom stereocenters. The van der Waals surface area contributed by atoms with Gasteiger partial charge in [-0.1, -0.05) is 26.7 Å². The Morgan fingerprint density at radius 3 is 2.41 bits per heavy atom. The largest absolute Gasteiger partial charge is 0.481 e. The normalized spacial score (nSPS) is 54.2. The molecule has 0 amide bonds. The fraction of sp³-hybridized carbons (Fsp3) is 0.950. The first-order valence-corrected chi connectivity index (χ1v) is 9.69. The Labute approximate surface area is 135 Å². The van der Waals surface area contributed by atoms with Crippen LogP contribution in [0.1, 0.15) is 78.1 Å². The number of rotatable bonds is 1. The molecule has 4 saturated carbocycles. The second kappa shape index (κ2) is 4.98. The van der Waals surface area contributed by atoms with Crippen LogP contribution >= 0.6 is 0 Å². The molecule has 4 aliphatic carbocycles. The Bertz CT molecular complexity index is 472. The van der Waals surface area contributed by atoms with Crippen molar-refractivity contribution < 1.29 is 9.90 Å². The van der Waals surface area contributed by atoms with Crippen molar-refractivity contribution in [1.29, 1.82) is 0 Å². The molecule has 2 nitrogen and oxygen atoms in total. The zero-order valence-corrected chi connectivity index (χ0v) is 14.3. The summed E-state index contributed by atoms with van der Waals surface area (Å²) in [6.45, 7) is 4.91. The number of carboxylic acid groups (broad SMARTS) is 1. The Hall–Kier alpha value is -0.530. The van der Waals surface area contributed by atoms with Gasteiger partial charge in [-0.2, -0.15) is 0 Å². The highest BCUT2D eigenvalue weighted by atomic mass is 16.4. The van der Waals surface area contributed by atoms with E-state index in [2.05, 4.69) is 13.8 Å². The van der Waals surface area contributed by atoms with Crippen LogP contribution in [0.3, 0.4) is 0 Å². The predicted octanol–water partition coefficient (Wildman–Crippen LogP) is 5.12. The van der Waals surface area contributed by atoms with Gasteiger partial charge in [0.1, 0.15) is 0 Å². The van der Waals surface area contributed by atoms with E-state index in [0.717, 1.165) is 30.6 Å². The molecule has 22 heavy (non-hydrogen) atoms. The van der Waals surface area contributed by atoms with Crippen molar-refractivity contribution in [3.63, 3.8) is 0 Å². The van der Waals surface area contributed by atoms with Crippen molar-refractivity contribution in [2.75, 3.05) is 0 Å².